The molecule has 5 rings (SSSR count). The van der Waals surface area contributed by atoms with Crippen LogP contribution in [0.4, 0.5) is 4.39 Å². The summed E-state index contributed by atoms with van der Waals surface area (Å²) in [5, 5.41) is -1.37. The van der Waals surface area contributed by atoms with Gasteiger partial charge < -0.3 is 9.47 Å². The largest absolute Gasteiger partial charge is 0.461 e. The molecule has 0 spiro atoms. The van der Waals surface area contributed by atoms with E-state index in [0.29, 0.717) is 22.3 Å². The monoisotopic (exact) mass is 512 g/mol. The Morgan fingerprint density at radius 1 is 0.971 bits per heavy atom. The Morgan fingerprint density at radius 2 is 1.63 bits per heavy atom. The molecule has 0 bridgehead atoms. The van der Waals surface area contributed by atoms with Crippen LogP contribution in [0, 0.1) is 0 Å². The summed E-state index contributed by atoms with van der Waals surface area (Å²) in [4.78, 5) is 37.6. The molecule has 35 heavy (non-hydrogen) atoms. The number of rotatable bonds is 6. The van der Waals surface area contributed by atoms with E-state index in [9.17, 15) is 9.59 Å². The standard InChI is InChI=1S/C24H18ClFN4O4S/c25-20-18-21(28-12-27-20)30(13-29-18)22-19(34-24(32)15-9-5-2-6-10-15)17(26)16(35-22)11-33-23(31)14-7-3-1-4-8-14/h1-10,12-13,16-17,19,22H,11H2/t16-,17-,19-,22-/m1/s1. The molecule has 1 aliphatic rings. The molecule has 8 nitrogen and oxygen atoms in total. The van der Waals surface area contributed by atoms with Crippen LogP contribution >= 0.6 is 23.4 Å². The molecule has 0 radical (unpaired) electrons. The van der Waals surface area contributed by atoms with Gasteiger partial charge in [0.1, 0.15) is 23.8 Å². The first-order valence-electron chi connectivity index (χ1n) is 10.6. The lowest BCUT2D eigenvalue weighted by Crippen LogP contribution is -2.34. The van der Waals surface area contributed by atoms with Crippen LogP contribution in [0.3, 0.4) is 0 Å². The molecule has 0 aliphatic carbocycles. The number of ether oxygens (including phenoxy) is 2. The van der Waals surface area contributed by atoms with Crippen molar-refractivity contribution in [3.63, 3.8) is 0 Å². The molecule has 1 saturated heterocycles. The normalized spacial score (nSPS) is 21.7. The number of hydrogen-bond donors (Lipinski definition) is 0. The predicted molar refractivity (Wildman–Crippen MR) is 128 cm³/mol. The SMILES string of the molecule is O=C(OC[C@H]1S[C@@H](n2cnc3c(Cl)ncnc32)[C@H](OC(=O)c2ccccc2)[C@@H]1F)c1ccccc1. The summed E-state index contributed by atoms with van der Waals surface area (Å²) in [6.07, 6.45) is -0.0909. The fraction of sp³-hybridized carbons (Fsp3) is 0.208. The third-order valence-corrected chi connectivity index (χ3v) is 7.29. The second-order valence-electron chi connectivity index (χ2n) is 7.70. The third kappa shape index (κ3) is 4.71. The van der Waals surface area contributed by atoms with Gasteiger partial charge in [0.25, 0.3) is 0 Å². The zero-order chi connectivity index (χ0) is 24.4. The molecule has 11 heteroatoms. The van der Waals surface area contributed by atoms with Gasteiger partial charge in [-0.25, -0.2) is 28.9 Å². The van der Waals surface area contributed by atoms with E-state index < -0.39 is 34.8 Å². The molecule has 4 atom stereocenters. The molecule has 178 valence electrons. The van der Waals surface area contributed by atoms with Crippen molar-refractivity contribution in [2.75, 3.05) is 6.61 Å². The van der Waals surface area contributed by atoms with Crippen LogP contribution in [0.25, 0.3) is 11.2 Å². The second kappa shape index (κ2) is 10.0. The molecular weight excluding hydrogens is 495 g/mol. The van der Waals surface area contributed by atoms with Crippen LogP contribution in [0.2, 0.25) is 5.15 Å². The maximum Gasteiger partial charge on any atom is 0.338 e. The Kier molecular flexibility index (Phi) is 6.65. The van der Waals surface area contributed by atoms with Crippen molar-refractivity contribution in [2.45, 2.75) is 22.9 Å². The Hall–Kier alpha value is -3.50. The highest BCUT2D eigenvalue weighted by Crippen LogP contribution is 2.46. The number of carbonyl (C=O) groups is 2. The van der Waals surface area contributed by atoms with Crippen LogP contribution in [0.15, 0.2) is 73.3 Å². The molecule has 1 aliphatic heterocycles. The number of aromatic nitrogens is 4. The number of benzene rings is 2. The van der Waals surface area contributed by atoms with Gasteiger partial charge in [0.15, 0.2) is 23.1 Å². The van der Waals surface area contributed by atoms with Crippen molar-refractivity contribution in [1.29, 1.82) is 0 Å². The molecule has 0 amide bonds. The lowest BCUT2D eigenvalue weighted by atomic mass is 10.1. The number of hydrogen-bond acceptors (Lipinski definition) is 8. The molecule has 0 saturated carbocycles. The Bertz CT molecular complexity index is 1360. The summed E-state index contributed by atoms with van der Waals surface area (Å²) >= 11 is 7.30. The smallest absolute Gasteiger partial charge is 0.338 e. The third-order valence-electron chi connectivity index (χ3n) is 5.49. The molecule has 0 N–H and O–H groups in total. The van der Waals surface area contributed by atoms with Crippen molar-refractivity contribution >= 4 is 46.5 Å². The van der Waals surface area contributed by atoms with Crippen LogP contribution < -0.4 is 0 Å². The topological polar surface area (TPSA) is 96.2 Å². The van der Waals surface area contributed by atoms with Gasteiger partial charge in [-0.2, -0.15) is 0 Å². The average Bonchev–Trinajstić information content (AvgIpc) is 3.45. The summed E-state index contributed by atoms with van der Waals surface area (Å²) in [7, 11) is 0. The van der Waals surface area contributed by atoms with E-state index in [2.05, 4.69) is 15.0 Å². The van der Waals surface area contributed by atoms with Gasteiger partial charge in [-0.05, 0) is 24.3 Å². The van der Waals surface area contributed by atoms with Gasteiger partial charge in [0.05, 0.1) is 22.7 Å². The summed E-state index contributed by atoms with van der Waals surface area (Å²) in [6, 6.07) is 16.8. The number of alkyl halides is 1. The van der Waals surface area contributed by atoms with E-state index in [1.165, 1.54) is 24.4 Å². The Morgan fingerprint density at radius 3 is 2.31 bits per heavy atom. The van der Waals surface area contributed by atoms with Gasteiger partial charge in [0.2, 0.25) is 0 Å². The van der Waals surface area contributed by atoms with E-state index >= 15 is 4.39 Å². The molecule has 3 heterocycles. The fourth-order valence-electron chi connectivity index (χ4n) is 3.77. The first-order chi connectivity index (χ1) is 17.0. The summed E-state index contributed by atoms with van der Waals surface area (Å²) in [5.74, 6) is -1.23. The van der Waals surface area contributed by atoms with Crippen LogP contribution in [0.5, 0.6) is 0 Å². The molecule has 2 aromatic carbocycles. The predicted octanol–water partition coefficient (Wildman–Crippen LogP) is 4.51. The van der Waals surface area contributed by atoms with Gasteiger partial charge >= 0.3 is 11.9 Å². The Labute approximate surface area is 208 Å². The highest BCUT2D eigenvalue weighted by atomic mass is 35.5. The van der Waals surface area contributed by atoms with Crippen LogP contribution in [0.1, 0.15) is 26.1 Å². The maximum absolute atomic E-state index is 15.7. The lowest BCUT2D eigenvalue weighted by Gasteiger charge is -2.22. The first-order valence-corrected chi connectivity index (χ1v) is 12.0. The van der Waals surface area contributed by atoms with Crippen LogP contribution in [-0.4, -0.2) is 55.6 Å². The molecule has 0 unspecified atom stereocenters. The maximum atomic E-state index is 15.7. The number of imidazole rings is 1. The van der Waals surface area contributed by atoms with Gasteiger partial charge in [0, 0.05) is 0 Å². The fourth-order valence-corrected chi connectivity index (χ4v) is 5.40. The van der Waals surface area contributed by atoms with Crippen molar-refractivity contribution in [1.82, 2.24) is 19.5 Å². The highest BCUT2D eigenvalue weighted by Gasteiger charge is 2.49. The lowest BCUT2D eigenvalue weighted by molar-refractivity contribution is -0.000626. The van der Waals surface area contributed by atoms with Gasteiger partial charge in [-0.3, -0.25) is 4.57 Å². The second-order valence-corrected chi connectivity index (χ2v) is 9.42. The van der Waals surface area contributed by atoms with Crippen molar-refractivity contribution in [3.05, 3.63) is 89.6 Å². The first kappa shape index (κ1) is 23.3. The van der Waals surface area contributed by atoms with E-state index in [-0.39, 0.29) is 11.8 Å². The number of fused-ring (bicyclic) bond motifs is 1. The summed E-state index contributed by atoms with van der Waals surface area (Å²) < 4.78 is 28.3. The number of halogens is 2. The van der Waals surface area contributed by atoms with E-state index in [0.717, 1.165) is 0 Å². The van der Waals surface area contributed by atoms with Gasteiger partial charge in [-0.1, -0.05) is 48.0 Å². The molecular formula is C24H18ClFN4O4S. The zero-order valence-corrected chi connectivity index (χ0v) is 19.6. The van der Waals surface area contributed by atoms with Crippen molar-refractivity contribution in [2.24, 2.45) is 0 Å². The number of thioether (sulfide) groups is 1. The molecule has 1 fully saturated rings. The molecule has 2 aromatic heterocycles. The Balaban J connectivity index is 1.41. The van der Waals surface area contributed by atoms with Crippen molar-refractivity contribution in [3.8, 4) is 0 Å². The van der Waals surface area contributed by atoms with E-state index in [1.807, 2.05) is 0 Å². The quantitative estimate of drug-likeness (QED) is 0.275. The minimum Gasteiger partial charge on any atom is -0.461 e. The van der Waals surface area contributed by atoms with Crippen molar-refractivity contribution < 1.29 is 23.5 Å². The number of nitrogens with zero attached hydrogens (tertiary/aromatic N) is 4. The van der Waals surface area contributed by atoms with Gasteiger partial charge in [-0.15, -0.1) is 11.8 Å². The minimum atomic E-state index is -1.63. The minimum absolute atomic E-state index is 0.153. The highest BCUT2D eigenvalue weighted by molar-refractivity contribution is 8.00. The van der Waals surface area contributed by atoms with E-state index in [1.54, 1.807) is 65.2 Å². The average molecular weight is 513 g/mol. The van der Waals surface area contributed by atoms with E-state index in [4.69, 9.17) is 21.1 Å². The summed E-state index contributed by atoms with van der Waals surface area (Å²) in [6.45, 7) is -0.210. The number of carbonyl (C=O) groups excluding carboxylic acids is 2. The zero-order valence-electron chi connectivity index (χ0n) is 18.0. The van der Waals surface area contributed by atoms with Crippen LogP contribution in [-0.2, 0) is 9.47 Å². The number of esters is 2. The summed E-state index contributed by atoms with van der Waals surface area (Å²) in [5.41, 5.74) is 1.37. The molecule has 4 aromatic rings.